The lowest BCUT2D eigenvalue weighted by molar-refractivity contribution is -0.119. The van der Waals surface area contributed by atoms with Crippen molar-refractivity contribution in [2.24, 2.45) is 5.41 Å². The van der Waals surface area contributed by atoms with Crippen LogP contribution in [0.25, 0.3) is 0 Å². The SMILES string of the molecule is CC1=CC(=O)C(C(C)(C)CC(=O)Nc2ccccc2)=C(C)C1=O. The molecule has 0 saturated carbocycles. The van der Waals surface area contributed by atoms with Gasteiger partial charge in [0.2, 0.25) is 5.91 Å². The number of carbonyl (C=O) groups excluding carboxylic acids is 3. The van der Waals surface area contributed by atoms with Gasteiger partial charge in [0, 0.05) is 34.2 Å². The molecule has 1 amide bonds. The normalized spacial score (nSPS) is 15.6. The minimum absolute atomic E-state index is 0.125. The Labute approximate surface area is 136 Å². The van der Waals surface area contributed by atoms with E-state index in [4.69, 9.17) is 0 Å². The van der Waals surface area contributed by atoms with Gasteiger partial charge in [-0.3, -0.25) is 14.4 Å². The van der Waals surface area contributed by atoms with E-state index in [1.54, 1.807) is 26.0 Å². The van der Waals surface area contributed by atoms with Crippen LogP contribution in [0.5, 0.6) is 0 Å². The first-order valence-corrected chi connectivity index (χ1v) is 7.56. The van der Waals surface area contributed by atoms with Crippen LogP contribution in [-0.2, 0) is 14.4 Å². The van der Waals surface area contributed by atoms with Crippen LogP contribution in [0.15, 0.2) is 53.1 Å². The van der Waals surface area contributed by atoms with E-state index in [1.165, 1.54) is 6.08 Å². The smallest absolute Gasteiger partial charge is 0.225 e. The molecule has 23 heavy (non-hydrogen) atoms. The van der Waals surface area contributed by atoms with E-state index >= 15 is 0 Å². The number of carbonyl (C=O) groups is 3. The topological polar surface area (TPSA) is 63.2 Å². The Hall–Kier alpha value is -2.49. The Morgan fingerprint density at radius 2 is 1.70 bits per heavy atom. The van der Waals surface area contributed by atoms with Crippen molar-refractivity contribution in [2.75, 3.05) is 5.32 Å². The highest BCUT2D eigenvalue weighted by atomic mass is 16.2. The molecule has 0 heterocycles. The molecule has 4 heteroatoms. The third-order valence-corrected chi connectivity index (χ3v) is 4.00. The maximum absolute atomic E-state index is 12.3. The Balaban J connectivity index is 2.20. The lowest BCUT2D eigenvalue weighted by Gasteiger charge is -2.29. The zero-order valence-corrected chi connectivity index (χ0v) is 13.9. The molecule has 4 nitrogen and oxygen atoms in total. The van der Waals surface area contributed by atoms with Gasteiger partial charge in [-0.1, -0.05) is 32.0 Å². The quantitative estimate of drug-likeness (QED) is 0.866. The van der Waals surface area contributed by atoms with Crippen molar-refractivity contribution >= 4 is 23.2 Å². The van der Waals surface area contributed by atoms with Crippen LogP contribution in [0.2, 0.25) is 0 Å². The first-order valence-electron chi connectivity index (χ1n) is 7.56. The lowest BCUT2D eigenvalue weighted by Crippen LogP contribution is -2.31. The first-order chi connectivity index (χ1) is 10.7. The maximum Gasteiger partial charge on any atom is 0.225 e. The summed E-state index contributed by atoms with van der Waals surface area (Å²) in [7, 11) is 0. The van der Waals surface area contributed by atoms with Crippen molar-refractivity contribution in [3.8, 4) is 0 Å². The number of anilines is 1. The van der Waals surface area contributed by atoms with Crippen LogP contribution >= 0.6 is 0 Å². The number of para-hydroxylation sites is 1. The molecule has 1 aliphatic carbocycles. The minimum Gasteiger partial charge on any atom is -0.326 e. The molecule has 1 aromatic rings. The third-order valence-electron chi connectivity index (χ3n) is 4.00. The molecule has 0 fully saturated rings. The van der Waals surface area contributed by atoms with Crippen molar-refractivity contribution < 1.29 is 14.4 Å². The summed E-state index contributed by atoms with van der Waals surface area (Å²) in [6, 6.07) is 9.15. The monoisotopic (exact) mass is 311 g/mol. The van der Waals surface area contributed by atoms with E-state index in [1.807, 2.05) is 32.0 Å². The molecule has 1 aromatic carbocycles. The number of amides is 1. The molecule has 0 aromatic heterocycles. The average molecular weight is 311 g/mol. The van der Waals surface area contributed by atoms with Gasteiger partial charge in [-0.25, -0.2) is 0 Å². The Kier molecular flexibility index (Phi) is 4.64. The number of hydrogen-bond donors (Lipinski definition) is 1. The molecule has 0 saturated heterocycles. The molecule has 0 spiro atoms. The summed E-state index contributed by atoms with van der Waals surface area (Å²) in [6.45, 7) is 6.92. The summed E-state index contributed by atoms with van der Waals surface area (Å²) in [6.07, 6.45) is 1.49. The van der Waals surface area contributed by atoms with Crippen molar-refractivity contribution in [1.29, 1.82) is 0 Å². The lowest BCUT2D eigenvalue weighted by atomic mass is 9.73. The van der Waals surface area contributed by atoms with Crippen molar-refractivity contribution in [2.45, 2.75) is 34.1 Å². The molecule has 0 unspecified atom stereocenters. The van der Waals surface area contributed by atoms with Gasteiger partial charge in [-0.05, 0) is 32.1 Å². The largest absolute Gasteiger partial charge is 0.326 e. The number of ketones is 2. The molecule has 0 bridgehead atoms. The number of allylic oxidation sites excluding steroid dienone is 4. The van der Waals surface area contributed by atoms with Crippen LogP contribution in [0.1, 0.15) is 34.1 Å². The first kappa shape index (κ1) is 16.9. The minimum atomic E-state index is -0.715. The van der Waals surface area contributed by atoms with Gasteiger partial charge in [0.15, 0.2) is 11.6 Å². The van der Waals surface area contributed by atoms with Gasteiger partial charge in [0.25, 0.3) is 0 Å². The molecule has 0 aliphatic heterocycles. The number of benzene rings is 1. The second-order valence-corrected chi connectivity index (χ2v) is 6.50. The number of Topliss-reactive ketones (excluding diaryl/α,β-unsaturated/α-hetero) is 1. The summed E-state index contributed by atoms with van der Waals surface area (Å²) in [4.78, 5) is 36.7. The van der Waals surface area contributed by atoms with Crippen molar-refractivity contribution in [1.82, 2.24) is 0 Å². The van der Waals surface area contributed by atoms with Crippen LogP contribution in [0, 0.1) is 5.41 Å². The van der Waals surface area contributed by atoms with Gasteiger partial charge in [0.1, 0.15) is 0 Å². The van der Waals surface area contributed by atoms with E-state index < -0.39 is 5.41 Å². The second kappa shape index (κ2) is 6.32. The van der Waals surface area contributed by atoms with E-state index in [2.05, 4.69) is 5.32 Å². The van der Waals surface area contributed by atoms with Crippen LogP contribution in [0.3, 0.4) is 0 Å². The molecule has 0 atom stereocenters. The molecule has 120 valence electrons. The van der Waals surface area contributed by atoms with Crippen LogP contribution in [0.4, 0.5) is 5.69 Å². The number of nitrogens with one attached hydrogen (secondary N) is 1. The Bertz CT molecular complexity index is 724. The Morgan fingerprint density at radius 3 is 2.30 bits per heavy atom. The number of rotatable bonds is 4. The van der Waals surface area contributed by atoms with Crippen LogP contribution in [-0.4, -0.2) is 17.5 Å². The third kappa shape index (κ3) is 3.65. The average Bonchev–Trinajstić information content (AvgIpc) is 2.44. The predicted octanol–water partition coefficient (Wildman–Crippen LogP) is 3.46. The predicted molar refractivity (Wildman–Crippen MR) is 89.9 cm³/mol. The summed E-state index contributed by atoms with van der Waals surface area (Å²) in [5, 5.41) is 2.81. The molecule has 1 aliphatic rings. The molecular weight excluding hydrogens is 290 g/mol. The van der Waals surface area contributed by atoms with Crippen molar-refractivity contribution in [3.05, 3.63) is 53.1 Å². The molecule has 0 radical (unpaired) electrons. The summed E-state index contributed by atoms with van der Waals surface area (Å²) >= 11 is 0. The zero-order valence-electron chi connectivity index (χ0n) is 13.9. The van der Waals surface area contributed by atoms with E-state index in [-0.39, 0.29) is 23.9 Å². The van der Waals surface area contributed by atoms with Gasteiger partial charge in [-0.2, -0.15) is 0 Å². The van der Waals surface area contributed by atoms with E-state index in [9.17, 15) is 14.4 Å². The summed E-state index contributed by atoms with van der Waals surface area (Å²) < 4.78 is 0. The fraction of sp³-hybridized carbons (Fsp3) is 0.316. The van der Waals surface area contributed by atoms with E-state index in [0.717, 1.165) is 0 Å². The highest BCUT2D eigenvalue weighted by Crippen LogP contribution is 2.36. The van der Waals surface area contributed by atoms with Gasteiger partial charge >= 0.3 is 0 Å². The fourth-order valence-corrected chi connectivity index (χ4v) is 2.99. The number of hydrogen-bond acceptors (Lipinski definition) is 3. The van der Waals surface area contributed by atoms with E-state index in [0.29, 0.717) is 22.4 Å². The van der Waals surface area contributed by atoms with Gasteiger partial charge in [-0.15, -0.1) is 0 Å². The van der Waals surface area contributed by atoms with Crippen molar-refractivity contribution in [3.63, 3.8) is 0 Å². The fourth-order valence-electron chi connectivity index (χ4n) is 2.99. The van der Waals surface area contributed by atoms with Gasteiger partial charge in [0.05, 0.1) is 0 Å². The van der Waals surface area contributed by atoms with Gasteiger partial charge < -0.3 is 5.32 Å². The summed E-state index contributed by atoms with van der Waals surface area (Å²) in [5.41, 5.74) is 1.30. The highest BCUT2D eigenvalue weighted by Gasteiger charge is 2.36. The standard InChI is InChI=1S/C19H21NO3/c1-12-10-15(21)17(13(2)18(12)23)19(3,4)11-16(22)20-14-8-6-5-7-9-14/h5-10H,11H2,1-4H3,(H,20,22). The molecule has 2 rings (SSSR count). The Morgan fingerprint density at radius 1 is 1.09 bits per heavy atom. The zero-order chi connectivity index (χ0) is 17.2. The maximum atomic E-state index is 12.3. The summed E-state index contributed by atoms with van der Waals surface area (Å²) in [5.74, 6) is -0.499. The molecule has 1 N–H and O–H groups in total. The van der Waals surface area contributed by atoms with Crippen LogP contribution < -0.4 is 5.32 Å². The highest BCUT2D eigenvalue weighted by molar-refractivity contribution is 6.22. The molecular formula is C19H21NO3. The second-order valence-electron chi connectivity index (χ2n) is 6.50.